The van der Waals surface area contributed by atoms with Gasteiger partial charge in [0.1, 0.15) is 0 Å². The molecule has 9 nitrogen and oxygen atoms in total. The van der Waals surface area contributed by atoms with Gasteiger partial charge in [0, 0.05) is 23.8 Å². The molecule has 0 aliphatic carbocycles. The zero-order valence-corrected chi connectivity index (χ0v) is 18.2. The molecule has 1 aliphatic heterocycles. The second-order valence-corrected chi connectivity index (χ2v) is 9.68. The van der Waals surface area contributed by atoms with Crippen molar-refractivity contribution in [2.45, 2.75) is 26.3 Å². The molecule has 2 heterocycles. The highest BCUT2D eigenvalue weighted by atomic mass is 32.2. The molecule has 2 aromatic rings. The van der Waals surface area contributed by atoms with E-state index < -0.39 is 27.7 Å². The van der Waals surface area contributed by atoms with E-state index in [0.29, 0.717) is 17.7 Å². The molecule has 0 unspecified atom stereocenters. The lowest BCUT2D eigenvalue weighted by atomic mass is 10.1. The number of sulfone groups is 1. The van der Waals surface area contributed by atoms with E-state index in [1.807, 2.05) is 0 Å². The average molecular weight is 448 g/mol. The van der Waals surface area contributed by atoms with Gasteiger partial charge in [-0.2, -0.15) is 0 Å². The van der Waals surface area contributed by atoms with Crippen molar-refractivity contribution in [3.05, 3.63) is 53.5 Å². The van der Waals surface area contributed by atoms with Crippen molar-refractivity contribution in [1.29, 1.82) is 0 Å². The maximum atomic E-state index is 12.9. The molecule has 1 aromatic heterocycles. The molecule has 1 atom stereocenters. The van der Waals surface area contributed by atoms with Crippen LogP contribution in [0.4, 0.5) is 5.69 Å². The first kappa shape index (κ1) is 22.5. The van der Waals surface area contributed by atoms with Gasteiger partial charge in [-0.3, -0.25) is 14.4 Å². The van der Waals surface area contributed by atoms with Crippen LogP contribution in [0.15, 0.2) is 41.0 Å². The number of amides is 3. The lowest BCUT2D eigenvalue weighted by molar-refractivity contribution is -0.122. The van der Waals surface area contributed by atoms with Gasteiger partial charge in [0.25, 0.3) is 11.8 Å². The third kappa shape index (κ3) is 5.72. The van der Waals surface area contributed by atoms with E-state index in [4.69, 9.17) is 4.42 Å². The minimum atomic E-state index is -3.11. The largest absolute Gasteiger partial charge is 0.459 e. The molecule has 3 amide bonds. The fourth-order valence-electron chi connectivity index (χ4n) is 3.35. The van der Waals surface area contributed by atoms with E-state index in [-0.39, 0.29) is 36.3 Å². The summed E-state index contributed by atoms with van der Waals surface area (Å²) in [7, 11) is -3.11. The summed E-state index contributed by atoms with van der Waals surface area (Å²) in [5.74, 6) is -1.08. The van der Waals surface area contributed by atoms with Gasteiger partial charge in [-0.1, -0.05) is 6.07 Å². The van der Waals surface area contributed by atoms with Gasteiger partial charge in [0.2, 0.25) is 5.91 Å². The third-order valence-electron chi connectivity index (χ3n) is 5.08. The summed E-state index contributed by atoms with van der Waals surface area (Å²) in [6.45, 7) is 3.65. The van der Waals surface area contributed by atoms with Crippen molar-refractivity contribution in [3.63, 3.8) is 0 Å². The Bertz CT molecular complexity index is 1080. The quantitative estimate of drug-likeness (QED) is 0.664. The van der Waals surface area contributed by atoms with Crippen LogP contribution < -0.4 is 10.6 Å². The van der Waals surface area contributed by atoms with Gasteiger partial charge in [-0.15, -0.1) is 0 Å². The zero-order valence-electron chi connectivity index (χ0n) is 17.4. The van der Waals surface area contributed by atoms with Crippen LogP contribution in [0.5, 0.6) is 0 Å². The van der Waals surface area contributed by atoms with Gasteiger partial charge in [-0.05, 0) is 50.1 Å². The Morgan fingerprint density at radius 1 is 1.23 bits per heavy atom. The predicted molar refractivity (Wildman–Crippen MR) is 115 cm³/mol. The predicted octanol–water partition coefficient (Wildman–Crippen LogP) is 1.61. The SMILES string of the molecule is CCN(CC(=O)N[C@@H]1CCS(=O)(=O)C1)C(=O)c1ccc(C)c(NC(=O)c2ccco2)c1. The smallest absolute Gasteiger partial charge is 0.291 e. The number of hydrogen-bond donors (Lipinski definition) is 2. The number of benzene rings is 1. The Morgan fingerprint density at radius 2 is 2.00 bits per heavy atom. The Labute approximate surface area is 180 Å². The summed E-state index contributed by atoms with van der Waals surface area (Å²) < 4.78 is 28.2. The Kier molecular flexibility index (Phi) is 6.79. The molecule has 2 N–H and O–H groups in total. The molecule has 0 spiro atoms. The molecule has 0 saturated carbocycles. The maximum absolute atomic E-state index is 12.9. The molecule has 31 heavy (non-hydrogen) atoms. The van der Waals surface area contributed by atoms with Crippen LogP contribution in [-0.2, 0) is 14.6 Å². The summed E-state index contributed by atoms with van der Waals surface area (Å²) in [6, 6.07) is 7.61. The topological polar surface area (TPSA) is 126 Å². The normalized spacial score (nSPS) is 17.2. The van der Waals surface area contributed by atoms with Crippen molar-refractivity contribution >= 4 is 33.2 Å². The fraction of sp³-hybridized carbons (Fsp3) is 0.381. The highest BCUT2D eigenvalue weighted by Gasteiger charge is 2.29. The number of furan rings is 1. The van der Waals surface area contributed by atoms with Crippen LogP contribution in [0, 0.1) is 6.92 Å². The number of nitrogens with zero attached hydrogens (tertiary/aromatic N) is 1. The van der Waals surface area contributed by atoms with Crippen molar-refractivity contribution in [2.24, 2.45) is 0 Å². The van der Waals surface area contributed by atoms with Crippen molar-refractivity contribution in [2.75, 3.05) is 29.9 Å². The summed E-state index contributed by atoms with van der Waals surface area (Å²) >= 11 is 0. The van der Waals surface area contributed by atoms with E-state index in [2.05, 4.69) is 10.6 Å². The van der Waals surface area contributed by atoms with E-state index >= 15 is 0 Å². The molecule has 10 heteroatoms. The van der Waals surface area contributed by atoms with Crippen molar-refractivity contribution in [1.82, 2.24) is 10.2 Å². The van der Waals surface area contributed by atoms with Crippen LogP contribution in [0.25, 0.3) is 0 Å². The lowest BCUT2D eigenvalue weighted by Crippen LogP contribution is -2.44. The minimum Gasteiger partial charge on any atom is -0.459 e. The summed E-state index contributed by atoms with van der Waals surface area (Å²) in [4.78, 5) is 38.9. The highest BCUT2D eigenvalue weighted by molar-refractivity contribution is 7.91. The first-order chi connectivity index (χ1) is 14.7. The average Bonchev–Trinajstić information content (AvgIpc) is 3.37. The van der Waals surface area contributed by atoms with Crippen LogP contribution in [0.1, 0.15) is 39.8 Å². The number of rotatable bonds is 7. The molecule has 0 bridgehead atoms. The Hall–Kier alpha value is -3.14. The first-order valence-corrected chi connectivity index (χ1v) is 11.7. The van der Waals surface area contributed by atoms with Gasteiger partial charge >= 0.3 is 0 Å². The van der Waals surface area contributed by atoms with Crippen LogP contribution in [0.3, 0.4) is 0 Å². The Morgan fingerprint density at radius 3 is 2.61 bits per heavy atom. The number of hydrogen-bond acceptors (Lipinski definition) is 6. The first-order valence-electron chi connectivity index (χ1n) is 9.93. The Balaban J connectivity index is 1.67. The molecule has 1 aliphatic rings. The monoisotopic (exact) mass is 447 g/mol. The van der Waals surface area contributed by atoms with Crippen molar-refractivity contribution in [3.8, 4) is 0 Å². The molecule has 3 rings (SSSR count). The standard InChI is InChI=1S/C21H25N3O6S/c1-3-24(12-19(25)22-16-8-10-31(28,29)13-16)21(27)15-7-6-14(2)17(11-15)23-20(26)18-5-4-9-30-18/h4-7,9,11,16H,3,8,10,12-13H2,1-2H3,(H,22,25)(H,23,26)/t16-/m1/s1. The third-order valence-corrected chi connectivity index (χ3v) is 6.85. The van der Waals surface area contributed by atoms with E-state index in [1.54, 1.807) is 38.1 Å². The second-order valence-electron chi connectivity index (χ2n) is 7.45. The minimum absolute atomic E-state index is 0.0598. The number of carbonyl (C=O) groups excluding carboxylic acids is 3. The molecule has 0 radical (unpaired) electrons. The summed E-state index contributed by atoms with van der Waals surface area (Å²) in [6.07, 6.45) is 1.78. The van der Waals surface area contributed by atoms with Crippen LogP contribution >= 0.6 is 0 Å². The number of likely N-dealkylation sites (N-methyl/N-ethyl adjacent to an activating group) is 1. The van der Waals surface area contributed by atoms with Gasteiger partial charge in [0.15, 0.2) is 15.6 Å². The summed E-state index contributed by atoms with van der Waals surface area (Å²) in [5, 5.41) is 5.41. The maximum Gasteiger partial charge on any atom is 0.291 e. The van der Waals surface area contributed by atoms with Crippen LogP contribution in [0.2, 0.25) is 0 Å². The molecular weight excluding hydrogens is 422 g/mol. The zero-order chi connectivity index (χ0) is 22.6. The molecule has 1 aromatic carbocycles. The number of aryl methyl sites for hydroxylation is 1. The molecular formula is C21H25N3O6S. The highest BCUT2D eigenvalue weighted by Crippen LogP contribution is 2.19. The number of anilines is 1. The molecule has 1 fully saturated rings. The van der Waals surface area contributed by atoms with E-state index in [0.717, 1.165) is 5.56 Å². The molecule has 166 valence electrons. The van der Waals surface area contributed by atoms with E-state index in [1.165, 1.54) is 17.2 Å². The number of carbonyl (C=O) groups is 3. The van der Waals surface area contributed by atoms with Gasteiger partial charge in [-0.25, -0.2) is 8.42 Å². The van der Waals surface area contributed by atoms with Crippen molar-refractivity contribution < 1.29 is 27.2 Å². The van der Waals surface area contributed by atoms with E-state index in [9.17, 15) is 22.8 Å². The second kappa shape index (κ2) is 9.34. The fourth-order valence-corrected chi connectivity index (χ4v) is 5.02. The lowest BCUT2D eigenvalue weighted by Gasteiger charge is -2.22. The van der Waals surface area contributed by atoms with Gasteiger partial charge < -0.3 is 20.0 Å². The summed E-state index contributed by atoms with van der Waals surface area (Å²) in [5.41, 5.74) is 1.54. The molecule has 1 saturated heterocycles. The van der Waals surface area contributed by atoms with Crippen LogP contribution in [-0.4, -0.2) is 61.7 Å². The number of nitrogens with one attached hydrogen (secondary N) is 2. The van der Waals surface area contributed by atoms with Gasteiger partial charge in [0.05, 0.1) is 24.3 Å².